The highest BCUT2D eigenvalue weighted by molar-refractivity contribution is 9.10. The molecule has 1 saturated heterocycles. The molecule has 0 aromatic heterocycles. The van der Waals surface area contributed by atoms with Crippen LogP contribution in [0, 0.1) is 0 Å². The van der Waals surface area contributed by atoms with Crippen molar-refractivity contribution in [1.29, 1.82) is 0 Å². The van der Waals surface area contributed by atoms with E-state index in [1.165, 1.54) is 0 Å². The van der Waals surface area contributed by atoms with Crippen LogP contribution in [0.25, 0.3) is 0 Å². The summed E-state index contributed by atoms with van der Waals surface area (Å²) in [6.45, 7) is 8.37. The highest BCUT2D eigenvalue weighted by atomic mass is 79.9. The fraction of sp³-hybridized carbons (Fsp3) is 0.588. The lowest BCUT2D eigenvalue weighted by Crippen LogP contribution is -2.49. The van der Waals surface area contributed by atoms with Gasteiger partial charge in [0.1, 0.15) is 17.5 Å². The van der Waals surface area contributed by atoms with Gasteiger partial charge in [-0.05, 0) is 45.9 Å². The van der Waals surface area contributed by atoms with Gasteiger partial charge in [-0.15, -0.1) is 0 Å². The standard InChI is InChI=1S/C17H24BrNO3/c1-12-10-15(21-14-7-5-6-13(18)11-14)8-9-19(12)16(20)22-17(2,3)4/h5-7,11-12,15H,8-10H2,1-4H3/t12-,15+/m1/s1. The molecule has 22 heavy (non-hydrogen) atoms. The Labute approximate surface area is 140 Å². The van der Waals surface area contributed by atoms with Gasteiger partial charge in [-0.25, -0.2) is 4.79 Å². The molecule has 1 amide bonds. The smallest absolute Gasteiger partial charge is 0.410 e. The highest BCUT2D eigenvalue weighted by Gasteiger charge is 2.32. The van der Waals surface area contributed by atoms with Gasteiger partial charge in [0.2, 0.25) is 0 Å². The lowest BCUT2D eigenvalue weighted by Gasteiger charge is -2.38. The maximum Gasteiger partial charge on any atom is 0.410 e. The van der Waals surface area contributed by atoms with Crippen LogP contribution in [0.3, 0.4) is 0 Å². The van der Waals surface area contributed by atoms with E-state index in [4.69, 9.17) is 9.47 Å². The van der Waals surface area contributed by atoms with Gasteiger partial charge in [0.25, 0.3) is 0 Å². The first kappa shape index (κ1) is 17.1. The largest absolute Gasteiger partial charge is 0.490 e. The molecule has 2 atom stereocenters. The van der Waals surface area contributed by atoms with Crippen LogP contribution < -0.4 is 4.74 Å². The monoisotopic (exact) mass is 369 g/mol. The van der Waals surface area contributed by atoms with Crippen molar-refractivity contribution in [2.75, 3.05) is 6.54 Å². The number of carbonyl (C=O) groups excluding carboxylic acids is 1. The second-order valence-electron chi connectivity index (χ2n) is 6.74. The molecule has 1 aliphatic rings. The minimum atomic E-state index is -0.458. The molecule has 0 N–H and O–H groups in total. The molecule has 0 unspecified atom stereocenters. The summed E-state index contributed by atoms with van der Waals surface area (Å²) in [6.07, 6.45) is 1.52. The number of nitrogens with zero attached hydrogens (tertiary/aromatic N) is 1. The average molecular weight is 370 g/mol. The Morgan fingerprint density at radius 1 is 1.36 bits per heavy atom. The first-order valence-electron chi connectivity index (χ1n) is 7.66. The summed E-state index contributed by atoms with van der Waals surface area (Å²) >= 11 is 3.45. The quantitative estimate of drug-likeness (QED) is 0.763. The first-order valence-corrected chi connectivity index (χ1v) is 8.46. The summed E-state index contributed by atoms with van der Waals surface area (Å²) in [5.74, 6) is 0.859. The Morgan fingerprint density at radius 2 is 2.09 bits per heavy atom. The predicted molar refractivity (Wildman–Crippen MR) is 90.2 cm³/mol. The fourth-order valence-electron chi connectivity index (χ4n) is 2.56. The lowest BCUT2D eigenvalue weighted by molar-refractivity contribution is -0.00103. The van der Waals surface area contributed by atoms with Gasteiger partial charge in [0, 0.05) is 29.9 Å². The van der Waals surface area contributed by atoms with Crippen LogP contribution in [0.15, 0.2) is 28.7 Å². The molecule has 2 rings (SSSR count). The second kappa shape index (κ2) is 6.90. The maximum atomic E-state index is 12.2. The van der Waals surface area contributed by atoms with Crippen molar-refractivity contribution >= 4 is 22.0 Å². The van der Waals surface area contributed by atoms with E-state index in [0.717, 1.165) is 23.1 Å². The molecule has 0 saturated carbocycles. The van der Waals surface area contributed by atoms with E-state index in [1.807, 2.05) is 52.0 Å². The molecule has 1 aliphatic heterocycles. The second-order valence-corrected chi connectivity index (χ2v) is 7.66. The summed E-state index contributed by atoms with van der Waals surface area (Å²) in [7, 11) is 0. The van der Waals surface area contributed by atoms with Crippen molar-refractivity contribution in [3.8, 4) is 5.75 Å². The summed E-state index contributed by atoms with van der Waals surface area (Å²) in [5.41, 5.74) is -0.458. The van der Waals surface area contributed by atoms with Crippen molar-refractivity contribution in [2.24, 2.45) is 0 Å². The Balaban J connectivity index is 1.91. The Kier molecular flexibility index (Phi) is 5.37. The Bertz CT molecular complexity index is 527. The Hall–Kier alpha value is -1.23. The molecule has 0 bridgehead atoms. The number of rotatable bonds is 2. The van der Waals surface area contributed by atoms with Gasteiger partial charge in [-0.2, -0.15) is 0 Å². The van der Waals surface area contributed by atoms with E-state index < -0.39 is 5.60 Å². The molecular formula is C17H24BrNO3. The number of halogens is 1. The van der Waals surface area contributed by atoms with Crippen molar-refractivity contribution in [3.63, 3.8) is 0 Å². The molecule has 4 nitrogen and oxygen atoms in total. The van der Waals surface area contributed by atoms with Gasteiger partial charge in [-0.3, -0.25) is 0 Å². The molecule has 5 heteroatoms. The van der Waals surface area contributed by atoms with Gasteiger partial charge in [-0.1, -0.05) is 22.0 Å². The van der Waals surface area contributed by atoms with Crippen LogP contribution in [0.5, 0.6) is 5.75 Å². The fourth-order valence-corrected chi connectivity index (χ4v) is 2.94. The zero-order chi connectivity index (χ0) is 16.3. The zero-order valence-corrected chi connectivity index (χ0v) is 15.2. The number of benzene rings is 1. The normalized spacial score (nSPS) is 22.3. The van der Waals surface area contributed by atoms with Crippen LogP contribution in [-0.2, 0) is 4.74 Å². The predicted octanol–water partition coefficient (Wildman–Crippen LogP) is 4.62. The molecule has 1 heterocycles. The van der Waals surface area contributed by atoms with Crippen LogP contribution in [0.2, 0.25) is 0 Å². The van der Waals surface area contributed by atoms with Gasteiger partial charge in [0.05, 0.1) is 0 Å². The van der Waals surface area contributed by atoms with Gasteiger partial charge < -0.3 is 14.4 Å². The van der Waals surface area contributed by atoms with Crippen LogP contribution >= 0.6 is 15.9 Å². The van der Waals surface area contributed by atoms with Gasteiger partial charge >= 0.3 is 6.09 Å². The van der Waals surface area contributed by atoms with E-state index in [2.05, 4.69) is 15.9 Å². The third-order valence-electron chi connectivity index (χ3n) is 3.55. The number of hydrogen-bond donors (Lipinski definition) is 0. The van der Waals surface area contributed by atoms with Crippen LogP contribution in [-0.4, -0.2) is 35.3 Å². The van der Waals surface area contributed by atoms with Gasteiger partial charge in [0.15, 0.2) is 0 Å². The van der Waals surface area contributed by atoms with E-state index in [0.29, 0.717) is 6.54 Å². The zero-order valence-electron chi connectivity index (χ0n) is 13.6. The minimum Gasteiger partial charge on any atom is -0.490 e. The number of piperidine rings is 1. The summed E-state index contributed by atoms with van der Waals surface area (Å²) in [4.78, 5) is 14.0. The number of hydrogen-bond acceptors (Lipinski definition) is 3. The van der Waals surface area contributed by atoms with Crippen molar-refractivity contribution in [2.45, 2.75) is 58.3 Å². The van der Waals surface area contributed by atoms with Crippen molar-refractivity contribution in [3.05, 3.63) is 28.7 Å². The third kappa shape index (κ3) is 4.90. The highest BCUT2D eigenvalue weighted by Crippen LogP contribution is 2.25. The summed E-state index contributed by atoms with van der Waals surface area (Å²) in [5, 5.41) is 0. The Morgan fingerprint density at radius 3 is 2.68 bits per heavy atom. The molecule has 1 fully saturated rings. The topological polar surface area (TPSA) is 38.8 Å². The molecule has 1 aromatic rings. The summed E-state index contributed by atoms with van der Waals surface area (Å²) in [6, 6.07) is 7.96. The number of carbonyl (C=O) groups is 1. The van der Waals surface area contributed by atoms with Crippen molar-refractivity contribution < 1.29 is 14.3 Å². The molecule has 0 aliphatic carbocycles. The molecule has 0 radical (unpaired) electrons. The van der Waals surface area contributed by atoms with Crippen LogP contribution in [0.1, 0.15) is 40.5 Å². The first-order chi connectivity index (χ1) is 10.2. The van der Waals surface area contributed by atoms with E-state index in [9.17, 15) is 4.79 Å². The lowest BCUT2D eigenvalue weighted by atomic mass is 10.0. The SMILES string of the molecule is C[C@@H]1C[C@@H](Oc2cccc(Br)c2)CCN1C(=O)OC(C)(C)C. The molecule has 122 valence electrons. The minimum absolute atomic E-state index is 0.112. The average Bonchev–Trinajstić information content (AvgIpc) is 2.36. The number of amides is 1. The van der Waals surface area contributed by atoms with E-state index >= 15 is 0 Å². The number of ether oxygens (including phenoxy) is 2. The van der Waals surface area contributed by atoms with Crippen LogP contribution in [0.4, 0.5) is 4.79 Å². The van der Waals surface area contributed by atoms with E-state index in [-0.39, 0.29) is 18.2 Å². The molecule has 0 spiro atoms. The number of likely N-dealkylation sites (tertiary alicyclic amines) is 1. The van der Waals surface area contributed by atoms with E-state index in [1.54, 1.807) is 4.90 Å². The maximum absolute atomic E-state index is 12.2. The molecular weight excluding hydrogens is 346 g/mol. The summed E-state index contributed by atoms with van der Waals surface area (Å²) < 4.78 is 12.5. The third-order valence-corrected chi connectivity index (χ3v) is 4.05. The van der Waals surface area contributed by atoms with Crippen molar-refractivity contribution in [1.82, 2.24) is 4.90 Å². The molecule has 1 aromatic carbocycles.